The Morgan fingerprint density at radius 1 is 1.04 bits per heavy atom. The third kappa shape index (κ3) is 4.72. The van der Waals surface area contributed by atoms with Gasteiger partial charge in [0, 0.05) is 43.2 Å². The number of nitrogens with zero attached hydrogens (tertiary/aromatic N) is 2. The number of halogens is 1. The van der Waals surface area contributed by atoms with Crippen molar-refractivity contribution in [1.82, 2.24) is 9.80 Å². The molecule has 2 aromatic carbocycles. The van der Waals surface area contributed by atoms with Crippen molar-refractivity contribution in [3.05, 3.63) is 58.6 Å². The number of carbonyl (C=O) groups is 1. The second-order valence-electron chi connectivity index (χ2n) is 8.44. The molecule has 0 aliphatic carbocycles. The predicted molar refractivity (Wildman–Crippen MR) is 113 cm³/mol. The summed E-state index contributed by atoms with van der Waals surface area (Å²) in [6.45, 7) is 12.3. The smallest absolute Gasteiger partial charge is 0.228 e. The van der Waals surface area contributed by atoms with Crippen molar-refractivity contribution in [2.24, 2.45) is 5.41 Å². The first-order chi connectivity index (χ1) is 12.8. The van der Waals surface area contributed by atoms with E-state index in [1.165, 1.54) is 11.1 Å². The van der Waals surface area contributed by atoms with E-state index in [4.69, 9.17) is 11.6 Å². The number of piperazine rings is 1. The van der Waals surface area contributed by atoms with Gasteiger partial charge in [-0.3, -0.25) is 9.69 Å². The molecule has 0 unspecified atom stereocenters. The lowest BCUT2D eigenvalue weighted by Gasteiger charge is -2.37. The van der Waals surface area contributed by atoms with Crippen LogP contribution in [0, 0.1) is 12.3 Å². The predicted octanol–water partition coefficient (Wildman–Crippen LogP) is 5.01. The van der Waals surface area contributed by atoms with Crippen LogP contribution in [0.1, 0.15) is 31.9 Å². The summed E-state index contributed by atoms with van der Waals surface area (Å²) in [5.74, 6) is 0.247. The molecular formula is C23H29ClN2O. The highest BCUT2D eigenvalue weighted by Gasteiger charge is 2.29. The molecule has 0 radical (unpaired) electrons. The van der Waals surface area contributed by atoms with Crippen LogP contribution in [0.15, 0.2) is 42.5 Å². The number of amides is 1. The minimum absolute atomic E-state index is 0.247. The summed E-state index contributed by atoms with van der Waals surface area (Å²) in [6, 6.07) is 14.8. The molecule has 1 aliphatic heterocycles. The molecule has 1 heterocycles. The molecule has 1 fully saturated rings. The van der Waals surface area contributed by atoms with Crippen LogP contribution < -0.4 is 0 Å². The highest BCUT2D eigenvalue weighted by atomic mass is 35.5. The summed E-state index contributed by atoms with van der Waals surface area (Å²) in [6.07, 6.45) is 0. The molecule has 2 aromatic rings. The van der Waals surface area contributed by atoms with E-state index in [0.29, 0.717) is 0 Å². The minimum atomic E-state index is -0.306. The molecule has 0 spiro atoms. The van der Waals surface area contributed by atoms with Gasteiger partial charge in [0.05, 0.1) is 0 Å². The van der Waals surface area contributed by atoms with Gasteiger partial charge in [-0.2, -0.15) is 0 Å². The van der Waals surface area contributed by atoms with Crippen molar-refractivity contribution in [1.29, 1.82) is 0 Å². The molecule has 1 amide bonds. The fourth-order valence-electron chi connectivity index (χ4n) is 3.52. The molecule has 4 heteroatoms. The molecule has 144 valence electrons. The van der Waals surface area contributed by atoms with Gasteiger partial charge in [-0.25, -0.2) is 0 Å². The van der Waals surface area contributed by atoms with E-state index < -0.39 is 0 Å². The zero-order valence-electron chi connectivity index (χ0n) is 16.8. The fraction of sp³-hybridized carbons (Fsp3) is 0.435. The monoisotopic (exact) mass is 384 g/mol. The fourth-order valence-corrected chi connectivity index (χ4v) is 3.71. The lowest BCUT2D eigenvalue weighted by atomic mass is 9.94. The second-order valence-corrected chi connectivity index (χ2v) is 8.85. The zero-order chi connectivity index (χ0) is 19.6. The quantitative estimate of drug-likeness (QED) is 0.742. The number of hydrogen-bond acceptors (Lipinski definition) is 2. The molecule has 0 bridgehead atoms. The number of hydrogen-bond donors (Lipinski definition) is 0. The average molecular weight is 385 g/mol. The van der Waals surface area contributed by atoms with Crippen LogP contribution in [0.3, 0.4) is 0 Å². The lowest BCUT2D eigenvalue weighted by Crippen LogP contribution is -2.51. The standard InChI is InChI=1S/C23H29ClN2O/c1-17-9-10-18(15-21(17)24)20-8-6-5-7-19(20)16-25-11-13-26(14-12-25)22(27)23(2,3)4/h5-10,15H,11-14,16H2,1-4H3. The van der Waals surface area contributed by atoms with Gasteiger partial charge in [0.2, 0.25) is 5.91 Å². The first kappa shape index (κ1) is 19.9. The van der Waals surface area contributed by atoms with Crippen molar-refractivity contribution >= 4 is 17.5 Å². The molecular weight excluding hydrogens is 356 g/mol. The Balaban J connectivity index is 1.71. The van der Waals surface area contributed by atoms with E-state index in [2.05, 4.69) is 47.4 Å². The zero-order valence-corrected chi connectivity index (χ0v) is 17.5. The SMILES string of the molecule is Cc1ccc(-c2ccccc2CN2CCN(C(=O)C(C)(C)C)CC2)cc1Cl. The Labute approximate surface area is 167 Å². The Morgan fingerprint density at radius 3 is 2.33 bits per heavy atom. The van der Waals surface area contributed by atoms with E-state index >= 15 is 0 Å². The van der Waals surface area contributed by atoms with Gasteiger partial charge in [-0.05, 0) is 35.2 Å². The van der Waals surface area contributed by atoms with Crippen molar-refractivity contribution in [2.75, 3.05) is 26.2 Å². The Hall–Kier alpha value is -1.84. The maximum atomic E-state index is 12.5. The van der Waals surface area contributed by atoms with Gasteiger partial charge in [0.15, 0.2) is 0 Å². The van der Waals surface area contributed by atoms with Gasteiger partial charge in [-0.1, -0.05) is 68.8 Å². The number of carbonyl (C=O) groups excluding carboxylic acids is 1. The summed E-state index contributed by atoms with van der Waals surface area (Å²) in [7, 11) is 0. The normalized spacial score (nSPS) is 15.8. The summed E-state index contributed by atoms with van der Waals surface area (Å²) in [4.78, 5) is 16.9. The van der Waals surface area contributed by atoms with Crippen LogP contribution in [-0.4, -0.2) is 41.9 Å². The maximum absolute atomic E-state index is 12.5. The van der Waals surface area contributed by atoms with E-state index in [1.54, 1.807) is 0 Å². The molecule has 3 nitrogen and oxygen atoms in total. The van der Waals surface area contributed by atoms with Crippen molar-refractivity contribution in [3.63, 3.8) is 0 Å². The van der Waals surface area contributed by atoms with Crippen LogP contribution in [0.2, 0.25) is 5.02 Å². The van der Waals surface area contributed by atoms with E-state index in [-0.39, 0.29) is 11.3 Å². The molecule has 0 saturated carbocycles. The number of rotatable bonds is 3. The van der Waals surface area contributed by atoms with Gasteiger partial charge >= 0.3 is 0 Å². The van der Waals surface area contributed by atoms with Crippen LogP contribution in [0.4, 0.5) is 0 Å². The molecule has 27 heavy (non-hydrogen) atoms. The van der Waals surface area contributed by atoms with Crippen LogP contribution in [-0.2, 0) is 11.3 Å². The highest BCUT2D eigenvalue weighted by molar-refractivity contribution is 6.31. The molecule has 3 rings (SSSR count). The summed E-state index contributed by atoms with van der Waals surface area (Å²) >= 11 is 6.34. The third-order valence-corrected chi connectivity index (χ3v) is 5.60. The number of benzene rings is 2. The summed E-state index contributed by atoms with van der Waals surface area (Å²) in [5, 5.41) is 0.802. The molecule has 0 atom stereocenters. The first-order valence-electron chi connectivity index (χ1n) is 9.62. The lowest BCUT2D eigenvalue weighted by molar-refractivity contribution is -0.141. The van der Waals surface area contributed by atoms with Crippen LogP contribution >= 0.6 is 11.6 Å². The van der Waals surface area contributed by atoms with Gasteiger partial charge < -0.3 is 4.90 Å². The van der Waals surface area contributed by atoms with E-state index in [0.717, 1.165) is 48.9 Å². The third-order valence-electron chi connectivity index (χ3n) is 5.20. The topological polar surface area (TPSA) is 23.6 Å². The largest absolute Gasteiger partial charge is 0.340 e. The molecule has 1 aliphatic rings. The first-order valence-corrected chi connectivity index (χ1v) is 9.99. The Bertz CT molecular complexity index is 817. The molecule has 0 N–H and O–H groups in total. The van der Waals surface area contributed by atoms with Gasteiger partial charge in [0.25, 0.3) is 0 Å². The van der Waals surface area contributed by atoms with Gasteiger partial charge in [0.1, 0.15) is 0 Å². The van der Waals surface area contributed by atoms with E-state index in [1.807, 2.05) is 32.6 Å². The molecule has 0 aromatic heterocycles. The second kappa shape index (κ2) is 8.04. The average Bonchev–Trinajstić information content (AvgIpc) is 2.64. The van der Waals surface area contributed by atoms with E-state index in [9.17, 15) is 4.79 Å². The minimum Gasteiger partial charge on any atom is -0.340 e. The van der Waals surface area contributed by atoms with Crippen LogP contribution in [0.5, 0.6) is 0 Å². The van der Waals surface area contributed by atoms with Crippen molar-refractivity contribution < 1.29 is 4.79 Å². The van der Waals surface area contributed by atoms with Gasteiger partial charge in [-0.15, -0.1) is 0 Å². The molecule has 1 saturated heterocycles. The summed E-state index contributed by atoms with van der Waals surface area (Å²) < 4.78 is 0. The number of aryl methyl sites for hydroxylation is 1. The maximum Gasteiger partial charge on any atom is 0.228 e. The highest BCUT2D eigenvalue weighted by Crippen LogP contribution is 2.29. The Kier molecular flexibility index (Phi) is 5.92. The van der Waals surface area contributed by atoms with Crippen molar-refractivity contribution in [2.45, 2.75) is 34.2 Å². The van der Waals surface area contributed by atoms with Crippen LogP contribution in [0.25, 0.3) is 11.1 Å². The summed E-state index contributed by atoms with van der Waals surface area (Å²) in [5.41, 5.74) is 4.47. The Morgan fingerprint density at radius 2 is 1.70 bits per heavy atom. The van der Waals surface area contributed by atoms with Crippen molar-refractivity contribution in [3.8, 4) is 11.1 Å².